The van der Waals surface area contributed by atoms with Gasteiger partial charge in [0.2, 0.25) is 5.91 Å². The molecule has 1 unspecified atom stereocenters. The summed E-state index contributed by atoms with van der Waals surface area (Å²) < 4.78 is 1.87. The number of likely N-dealkylation sites (N-methyl/N-ethyl adjacent to an activating group) is 1. The molecule has 0 aliphatic carbocycles. The van der Waals surface area contributed by atoms with Crippen LogP contribution in [0.15, 0.2) is 23.6 Å². The van der Waals surface area contributed by atoms with Gasteiger partial charge in [0.25, 0.3) is 0 Å². The number of nitrogens with zero attached hydrogens (tertiary/aromatic N) is 4. The van der Waals surface area contributed by atoms with Crippen molar-refractivity contribution in [1.29, 1.82) is 0 Å². The Kier molecular flexibility index (Phi) is 5.92. The van der Waals surface area contributed by atoms with Gasteiger partial charge < -0.3 is 10.2 Å². The molecule has 7 heteroatoms. The zero-order valence-corrected chi connectivity index (χ0v) is 17.4. The van der Waals surface area contributed by atoms with Gasteiger partial charge in [0.05, 0.1) is 11.7 Å². The maximum absolute atomic E-state index is 12.4. The minimum absolute atomic E-state index is 0.0638. The lowest BCUT2D eigenvalue weighted by Crippen LogP contribution is -2.34. The predicted octanol–water partition coefficient (Wildman–Crippen LogP) is 3.07. The van der Waals surface area contributed by atoms with Crippen molar-refractivity contribution < 1.29 is 4.79 Å². The number of aryl methyl sites for hydroxylation is 3. The van der Waals surface area contributed by atoms with Crippen molar-refractivity contribution in [3.63, 3.8) is 0 Å². The van der Waals surface area contributed by atoms with Gasteiger partial charge in [0, 0.05) is 35.3 Å². The Morgan fingerprint density at radius 2 is 2.11 bits per heavy atom. The van der Waals surface area contributed by atoms with Crippen molar-refractivity contribution in [2.24, 2.45) is 0 Å². The van der Waals surface area contributed by atoms with Crippen molar-refractivity contribution >= 4 is 22.9 Å². The second kappa shape index (κ2) is 8.19. The zero-order valence-electron chi connectivity index (χ0n) is 16.6. The summed E-state index contributed by atoms with van der Waals surface area (Å²) in [6.07, 6.45) is 1.11. The maximum Gasteiger partial charge on any atom is 0.220 e. The first-order chi connectivity index (χ1) is 12.9. The standard InChI is InChI=1S/C20H27N5OS/c1-13-11-19-22-14(2)16(15(3)25(19)23-13)8-9-20(26)21-12-17(24(4)5)18-7-6-10-27-18/h6-7,10-11,17H,8-9,12H2,1-5H3,(H,21,26). The first-order valence-electron chi connectivity index (χ1n) is 9.15. The molecule has 3 aromatic rings. The minimum atomic E-state index is 0.0638. The van der Waals surface area contributed by atoms with Gasteiger partial charge in [-0.15, -0.1) is 11.3 Å². The third kappa shape index (κ3) is 4.36. The molecule has 27 heavy (non-hydrogen) atoms. The number of aromatic nitrogens is 3. The molecule has 3 rings (SSSR count). The van der Waals surface area contributed by atoms with Gasteiger partial charge in [-0.3, -0.25) is 4.79 Å². The lowest BCUT2D eigenvalue weighted by atomic mass is 10.1. The van der Waals surface area contributed by atoms with Gasteiger partial charge in [0.15, 0.2) is 5.65 Å². The Hall–Kier alpha value is -2.25. The summed E-state index contributed by atoms with van der Waals surface area (Å²) in [7, 11) is 4.08. The van der Waals surface area contributed by atoms with Crippen LogP contribution >= 0.6 is 11.3 Å². The number of rotatable bonds is 7. The number of amides is 1. The normalized spacial score (nSPS) is 12.7. The van der Waals surface area contributed by atoms with Gasteiger partial charge in [-0.1, -0.05) is 6.07 Å². The molecule has 0 spiro atoms. The fraction of sp³-hybridized carbons (Fsp3) is 0.450. The predicted molar refractivity (Wildman–Crippen MR) is 109 cm³/mol. The van der Waals surface area contributed by atoms with Crippen LogP contribution in [0.1, 0.15) is 40.0 Å². The third-order valence-corrected chi connectivity index (χ3v) is 5.85. The summed E-state index contributed by atoms with van der Waals surface area (Å²) in [5.74, 6) is 0.0638. The van der Waals surface area contributed by atoms with E-state index in [1.165, 1.54) is 4.88 Å². The van der Waals surface area contributed by atoms with Crippen LogP contribution in [-0.4, -0.2) is 46.0 Å². The van der Waals surface area contributed by atoms with Crippen LogP contribution in [0.3, 0.4) is 0 Å². The molecule has 1 amide bonds. The number of hydrogen-bond acceptors (Lipinski definition) is 5. The number of thiophene rings is 1. The molecule has 3 heterocycles. The van der Waals surface area contributed by atoms with Gasteiger partial charge in [-0.2, -0.15) is 5.10 Å². The summed E-state index contributed by atoms with van der Waals surface area (Å²) in [5.41, 5.74) is 4.94. The number of hydrogen-bond donors (Lipinski definition) is 1. The van der Waals surface area contributed by atoms with Crippen molar-refractivity contribution in [1.82, 2.24) is 24.8 Å². The molecule has 0 aliphatic rings. The summed E-state index contributed by atoms with van der Waals surface area (Å²) in [6, 6.07) is 6.33. The van der Waals surface area contributed by atoms with Crippen LogP contribution in [-0.2, 0) is 11.2 Å². The quantitative estimate of drug-likeness (QED) is 0.679. The molecule has 0 aromatic carbocycles. The fourth-order valence-electron chi connectivity index (χ4n) is 3.36. The maximum atomic E-state index is 12.4. The van der Waals surface area contributed by atoms with E-state index in [0.29, 0.717) is 19.4 Å². The number of fused-ring (bicyclic) bond motifs is 1. The van der Waals surface area contributed by atoms with E-state index >= 15 is 0 Å². The SMILES string of the molecule is Cc1cc2nc(C)c(CCC(=O)NCC(c3cccs3)N(C)C)c(C)n2n1. The van der Waals surface area contributed by atoms with Gasteiger partial charge in [-0.25, -0.2) is 9.50 Å². The second-order valence-corrected chi connectivity index (χ2v) is 8.10. The van der Waals surface area contributed by atoms with Gasteiger partial charge >= 0.3 is 0 Å². The van der Waals surface area contributed by atoms with Crippen molar-refractivity contribution in [2.45, 2.75) is 39.7 Å². The molecule has 144 valence electrons. The smallest absolute Gasteiger partial charge is 0.220 e. The van der Waals surface area contributed by atoms with E-state index in [1.54, 1.807) is 11.3 Å². The molecule has 0 radical (unpaired) electrons. The highest BCUT2D eigenvalue weighted by Crippen LogP contribution is 2.22. The number of nitrogens with one attached hydrogen (secondary N) is 1. The average molecular weight is 386 g/mol. The van der Waals surface area contributed by atoms with Crippen LogP contribution in [0.25, 0.3) is 5.65 Å². The molecule has 0 bridgehead atoms. The van der Waals surface area contributed by atoms with E-state index in [2.05, 4.69) is 31.7 Å². The summed E-state index contributed by atoms with van der Waals surface area (Å²) in [6.45, 7) is 6.62. The van der Waals surface area contributed by atoms with Crippen LogP contribution < -0.4 is 5.32 Å². The Balaban J connectivity index is 1.63. The van der Waals surface area contributed by atoms with E-state index in [-0.39, 0.29) is 11.9 Å². The van der Waals surface area contributed by atoms with E-state index < -0.39 is 0 Å². The minimum Gasteiger partial charge on any atom is -0.354 e. The first-order valence-corrected chi connectivity index (χ1v) is 10.0. The van der Waals surface area contributed by atoms with Crippen molar-refractivity contribution in [3.8, 4) is 0 Å². The lowest BCUT2D eigenvalue weighted by Gasteiger charge is -2.23. The first kappa shape index (κ1) is 19.5. The number of carbonyl (C=O) groups excluding carboxylic acids is 1. The van der Waals surface area contributed by atoms with E-state index in [1.807, 2.05) is 51.5 Å². The Bertz CT molecular complexity index is 930. The highest BCUT2D eigenvalue weighted by molar-refractivity contribution is 7.10. The Labute approximate surface area is 164 Å². The van der Waals surface area contributed by atoms with Gasteiger partial charge in [0.1, 0.15) is 0 Å². The molecule has 0 saturated heterocycles. The molecular weight excluding hydrogens is 358 g/mol. The van der Waals surface area contributed by atoms with E-state index in [9.17, 15) is 4.79 Å². The van der Waals surface area contributed by atoms with Crippen LogP contribution in [0.5, 0.6) is 0 Å². The van der Waals surface area contributed by atoms with Crippen LogP contribution in [0, 0.1) is 20.8 Å². The summed E-state index contributed by atoms with van der Waals surface area (Å²) in [4.78, 5) is 20.5. The molecule has 6 nitrogen and oxygen atoms in total. The highest BCUT2D eigenvalue weighted by Gasteiger charge is 2.17. The lowest BCUT2D eigenvalue weighted by molar-refractivity contribution is -0.121. The average Bonchev–Trinajstić information content (AvgIpc) is 3.24. The summed E-state index contributed by atoms with van der Waals surface area (Å²) >= 11 is 1.72. The molecule has 1 atom stereocenters. The molecule has 0 saturated carbocycles. The Morgan fingerprint density at radius 3 is 2.78 bits per heavy atom. The fourth-order valence-corrected chi connectivity index (χ4v) is 4.28. The van der Waals surface area contributed by atoms with Crippen molar-refractivity contribution in [3.05, 3.63) is 51.1 Å². The summed E-state index contributed by atoms with van der Waals surface area (Å²) in [5, 5.41) is 9.65. The van der Waals surface area contributed by atoms with Gasteiger partial charge in [-0.05, 0) is 58.3 Å². The number of carbonyl (C=O) groups is 1. The highest BCUT2D eigenvalue weighted by atomic mass is 32.1. The topological polar surface area (TPSA) is 62.5 Å². The molecule has 0 aliphatic heterocycles. The second-order valence-electron chi connectivity index (χ2n) is 7.12. The third-order valence-electron chi connectivity index (χ3n) is 4.88. The molecule has 0 fully saturated rings. The van der Waals surface area contributed by atoms with Crippen LogP contribution in [0.4, 0.5) is 0 Å². The van der Waals surface area contributed by atoms with E-state index in [4.69, 9.17) is 0 Å². The van der Waals surface area contributed by atoms with E-state index in [0.717, 1.165) is 28.3 Å². The zero-order chi connectivity index (χ0) is 19.6. The molecular formula is C20H27N5OS. The molecule has 3 aromatic heterocycles. The Morgan fingerprint density at radius 1 is 1.33 bits per heavy atom. The monoisotopic (exact) mass is 385 g/mol. The molecule has 1 N–H and O–H groups in total. The largest absolute Gasteiger partial charge is 0.354 e. The van der Waals surface area contributed by atoms with Crippen LogP contribution in [0.2, 0.25) is 0 Å². The van der Waals surface area contributed by atoms with Crippen molar-refractivity contribution in [2.75, 3.05) is 20.6 Å².